The van der Waals surface area contributed by atoms with Crippen LogP contribution in [0.3, 0.4) is 0 Å². The molecule has 1 aromatic heterocycles. The number of carbonyl (C=O) groups excluding carboxylic acids is 1. The molecule has 0 radical (unpaired) electrons. The van der Waals surface area contributed by atoms with Gasteiger partial charge in [0.2, 0.25) is 5.91 Å². The molecule has 22 heavy (non-hydrogen) atoms. The van der Waals surface area contributed by atoms with E-state index >= 15 is 0 Å². The molecule has 3 heterocycles. The van der Waals surface area contributed by atoms with Crippen LogP contribution in [0.1, 0.15) is 25.7 Å². The number of nitrogens with one attached hydrogen (secondary N) is 1. The highest BCUT2D eigenvalue weighted by Crippen LogP contribution is 2.23. The second-order valence-corrected chi connectivity index (χ2v) is 6.10. The van der Waals surface area contributed by atoms with Crippen molar-refractivity contribution in [2.24, 2.45) is 5.92 Å². The van der Waals surface area contributed by atoms with Gasteiger partial charge < -0.3 is 15.0 Å². The van der Waals surface area contributed by atoms with Gasteiger partial charge in [0.25, 0.3) is 0 Å². The lowest BCUT2D eigenvalue weighted by Crippen LogP contribution is -2.46. The summed E-state index contributed by atoms with van der Waals surface area (Å²) in [7, 11) is 0. The van der Waals surface area contributed by atoms with Crippen LogP contribution in [0.4, 0.5) is 0 Å². The van der Waals surface area contributed by atoms with Crippen LogP contribution in [0, 0.1) is 5.92 Å². The first kappa shape index (κ1) is 15.4. The summed E-state index contributed by atoms with van der Waals surface area (Å²) in [6.07, 6.45) is 7.37. The maximum Gasteiger partial charge on any atom is 0.223 e. The number of aromatic nitrogens is 3. The van der Waals surface area contributed by atoms with Gasteiger partial charge in [0.1, 0.15) is 12.7 Å². The number of ether oxygens (including phenoxy) is 1. The Morgan fingerprint density at radius 1 is 1.23 bits per heavy atom. The maximum absolute atomic E-state index is 12.2. The van der Waals surface area contributed by atoms with Gasteiger partial charge in [0.05, 0.1) is 6.54 Å². The number of hydrogen-bond donors (Lipinski definition) is 1. The molecule has 2 aliphatic heterocycles. The van der Waals surface area contributed by atoms with Crippen LogP contribution in [-0.4, -0.2) is 64.5 Å². The summed E-state index contributed by atoms with van der Waals surface area (Å²) < 4.78 is 7.15. The predicted molar refractivity (Wildman–Crippen MR) is 81.2 cm³/mol. The molecule has 1 N–H and O–H groups in total. The second-order valence-electron chi connectivity index (χ2n) is 6.10. The van der Waals surface area contributed by atoms with E-state index in [9.17, 15) is 4.79 Å². The summed E-state index contributed by atoms with van der Waals surface area (Å²) in [5.74, 6) is 0.346. The molecule has 0 unspecified atom stereocenters. The van der Waals surface area contributed by atoms with Gasteiger partial charge in [-0.1, -0.05) is 0 Å². The van der Waals surface area contributed by atoms with E-state index in [0.29, 0.717) is 19.1 Å². The smallest absolute Gasteiger partial charge is 0.223 e. The van der Waals surface area contributed by atoms with Gasteiger partial charge >= 0.3 is 0 Å². The van der Waals surface area contributed by atoms with E-state index in [1.54, 1.807) is 11.0 Å². The van der Waals surface area contributed by atoms with Gasteiger partial charge in [-0.3, -0.25) is 9.48 Å². The topological polar surface area (TPSA) is 72.3 Å². The molecule has 0 spiro atoms. The molecule has 2 aliphatic rings. The van der Waals surface area contributed by atoms with E-state index < -0.39 is 0 Å². The number of likely N-dealkylation sites (tertiary alicyclic amines) is 1. The van der Waals surface area contributed by atoms with E-state index in [1.165, 1.54) is 6.33 Å². The molecule has 1 amide bonds. The van der Waals surface area contributed by atoms with Crippen LogP contribution in [0.25, 0.3) is 0 Å². The van der Waals surface area contributed by atoms with E-state index in [1.807, 2.05) is 0 Å². The Balaban J connectivity index is 1.36. The largest absolute Gasteiger partial charge is 0.381 e. The first-order valence-corrected chi connectivity index (χ1v) is 8.25. The molecule has 0 saturated carbocycles. The van der Waals surface area contributed by atoms with E-state index in [2.05, 4.69) is 20.3 Å². The normalized spacial score (nSPS) is 21.8. The second kappa shape index (κ2) is 7.69. The Bertz CT molecular complexity index is 451. The van der Waals surface area contributed by atoms with Crippen LogP contribution in [0.5, 0.6) is 0 Å². The molecule has 0 aromatic carbocycles. The summed E-state index contributed by atoms with van der Waals surface area (Å²) in [6.45, 7) is 5.12. The highest BCUT2D eigenvalue weighted by atomic mass is 16.5. The molecule has 2 fully saturated rings. The van der Waals surface area contributed by atoms with Crippen molar-refractivity contribution in [1.29, 1.82) is 0 Å². The molecule has 0 atom stereocenters. The standard InChI is InChI=1S/C15H25N5O2/c21-15(17-5-8-20-12-16-11-18-20)13-1-6-19(7-2-13)14-3-9-22-10-4-14/h11-14H,1-10H2,(H,17,21). The summed E-state index contributed by atoms with van der Waals surface area (Å²) in [6, 6.07) is 0.657. The molecule has 3 rings (SSSR count). The molecule has 2 saturated heterocycles. The van der Waals surface area contributed by atoms with Crippen molar-refractivity contribution in [3.05, 3.63) is 12.7 Å². The van der Waals surface area contributed by atoms with Crippen molar-refractivity contribution in [3.8, 4) is 0 Å². The first-order valence-electron chi connectivity index (χ1n) is 8.25. The Morgan fingerprint density at radius 2 is 2.00 bits per heavy atom. The molecule has 1 aromatic rings. The van der Waals surface area contributed by atoms with Gasteiger partial charge in [-0.15, -0.1) is 0 Å². The Morgan fingerprint density at radius 3 is 2.68 bits per heavy atom. The van der Waals surface area contributed by atoms with Crippen LogP contribution in [0.2, 0.25) is 0 Å². The fourth-order valence-corrected chi connectivity index (χ4v) is 3.36. The summed E-state index contributed by atoms with van der Waals surface area (Å²) >= 11 is 0. The molecular weight excluding hydrogens is 282 g/mol. The van der Waals surface area contributed by atoms with Crippen LogP contribution in [-0.2, 0) is 16.1 Å². The minimum Gasteiger partial charge on any atom is -0.381 e. The van der Waals surface area contributed by atoms with E-state index in [-0.39, 0.29) is 11.8 Å². The van der Waals surface area contributed by atoms with Gasteiger partial charge in [-0.2, -0.15) is 5.10 Å². The summed E-state index contributed by atoms with van der Waals surface area (Å²) in [5, 5.41) is 7.04. The third kappa shape index (κ3) is 4.04. The number of amides is 1. The molecule has 7 heteroatoms. The summed E-state index contributed by atoms with van der Waals surface area (Å²) in [5.41, 5.74) is 0. The van der Waals surface area contributed by atoms with Crippen molar-refractivity contribution in [3.63, 3.8) is 0 Å². The van der Waals surface area contributed by atoms with Crippen molar-refractivity contribution in [2.75, 3.05) is 32.8 Å². The molecule has 0 bridgehead atoms. The number of carbonyl (C=O) groups is 1. The highest BCUT2D eigenvalue weighted by Gasteiger charge is 2.29. The lowest BCUT2D eigenvalue weighted by atomic mass is 9.93. The van der Waals surface area contributed by atoms with Crippen LogP contribution in [0.15, 0.2) is 12.7 Å². The number of piperidine rings is 1. The zero-order valence-corrected chi connectivity index (χ0v) is 13.0. The molecule has 122 valence electrons. The average Bonchev–Trinajstić information content (AvgIpc) is 3.09. The van der Waals surface area contributed by atoms with E-state index in [0.717, 1.165) is 52.0 Å². The monoisotopic (exact) mass is 307 g/mol. The van der Waals surface area contributed by atoms with Gasteiger partial charge in [0, 0.05) is 31.7 Å². The minimum absolute atomic E-state index is 0.159. The van der Waals surface area contributed by atoms with Crippen LogP contribution >= 0.6 is 0 Å². The third-order valence-corrected chi connectivity index (χ3v) is 4.71. The van der Waals surface area contributed by atoms with Gasteiger partial charge in [-0.05, 0) is 38.8 Å². The third-order valence-electron chi connectivity index (χ3n) is 4.71. The van der Waals surface area contributed by atoms with Crippen molar-refractivity contribution < 1.29 is 9.53 Å². The fourth-order valence-electron chi connectivity index (χ4n) is 3.36. The van der Waals surface area contributed by atoms with E-state index in [4.69, 9.17) is 4.74 Å². The SMILES string of the molecule is O=C(NCCn1cncn1)C1CCN(C2CCOCC2)CC1. The molecule has 7 nitrogen and oxygen atoms in total. The number of hydrogen-bond acceptors (Lipinski definition) is 5. The molecule has 0 aliphatic carbocycles. The minimum atomic E-state index is 0.159. The van der Waals surface area contributed by atoms with Crippen LogP contribution < -0.4 is 5.32 Å². The highest BCUT2D eigenvalue weighted by molar-refractivity contribution is 5.78. The predicted octanol–water partition coefficient (Wildman–Crippen LogP) is 0.285. The quantitative estimate of drug-likeness (QED) is 0.846. The van der Waals surface area contributed by atoms with Gasteiger partial charge in [-0.25, -0.2) is 4.98 Å². The Kier molecular flexibility index (Phi) is 5.39. The Hall–Kier alpha value is -1.47. The Labute approximate surface area is 131 Å². The maximum atomic E-state index is 12.2. The van der Waals surface area contributed by atoms with Crippen molar-refractivity contribution in [2.45, 2.75) is 38.3 Å². The van der Waals surface area contributed by atoms with Gasteiger partial charge in [0.15, 0.2) is 0 Å². The zero-order chi connectivity index (χ0) is 15.2. The number of nitrogens with zero attached hydrogens (tertiary/aromatic N) is 4. The molecular formula is C15H25N5O2. The summed E-state index contributed by atoms with van der Waals surface area (Å²) in [4.78, 5) is 18.6. The average molecular weight is 307 g/mol. The van der Waals surface area contributed by atoms with Crippen molar-refractivity contribution in [1.82, 2.24) is 25.0 Å². The lowest BCUT2D eigenvalue weighted by Gasteiger charge is -2.38. The number of rotatable bonds is 5. The zero-order valence-electron chi connectivity index (χ0n) is 13.0. The lowest BCUT2D eigenvalue weighted by molar-refractivity contribution is -0.126. The first-order chi connectivity index (χ1) is 10.8. The van der Waals surface area contributed by atoms with Crippen molar-refractivity contribution >= 4 is 5.91 Å². The fraction of sp³-hybridized carbons (Fsp3) is 0.800.